The van der Waals surface area contributed by atoms with Gasteiger partial charge in [0.2, 0.25) is 0 Å². The summed E-state index contributed by atoms with van der Waals surface area (Å²) in [6.07, 6.45) is 0. The van der Waals surface area contributed by atoms with Gasteiger partial charge in [0.15, 0.2) is 17.5 Å². The fourth-order valence-electron chi connectivity index (χ4n) is 11.2. The molecule has 12 aromatic carbocycles. The summed E-state index contributed by atoms with van der Waals surface area (Å²) in [7, 11) is 0. The minimum Gasteiger partial charge on any atom is -0.309 e. The predicted octanol–water partition coefficient (Wildman–Crippen LogP) is 17.8. The van der Waals surface area contributed by atoms with Crippen LogP contribution in [0.2, 0.25) is 0 Å². The van der Waals surface area contributed by atoms with E-state index >= 15 is 0 Å². The van der Waals surface area contributed by atoms with Crippen molar-refractivity contribution in [2.45, 2.75) is 0 Å². The van der Waals surface area contributed by atoms with E-state index in [2.05, 4.69) is 235 Å². The molecule has 0 radical (unpaired) electrons. The van der Waals surface area contributed by atoms with Gasteiger partial charge in [-0.1, -0.05) is 182 Å². The molecule has 0 aliphatic heterocycles. The molecule has 0 spiro atoms. The Morgan fingerprint density at radius 1 is 0.271 bits per heavy atom. The summed E-state index contributed by atoms with van der Waals surface area (Å²) in [6, 6.07) is 83.5. The first kappa shape index (κ1) is 39.0. The van der Waals surface area contributed by atoms with Gasteiger partial charge in [-0.2, -0.15) is 0 Å². The summed E-state index contributed by atoms with van der Waals surface area (Å²) in [5.74, 6) is 1.87. The molecule has 0 aliphatic rings. The zero-order chi connectivity index (χ0) is 45.9. The van der Waals surface area contributed by atoms with Crippen molar-refractivity contribution >= 4 is 107 Å². The van der Waals surface area contributed by atoms with Crippen molar-refractivity contribution in [1.82, 2.24) is 19.5 Å². The third-order valence-corrected chi connectivity index (χ3v) is 15.6. The van der Waals surface area contributed by atoms with E-state index in [0.717, 1.165) is 66.1 Å². The van der Waals surface area contributed by atoms with Crippen molar-refractivity contribution in [1.29, 1.82) is 0 Å². The van der Waals surface area contributed by atoms with Crippen LogP contribution >= 0.6 is 11.3 Å². The van der Waals surface area contributed by atoms with Crippen LogP contribution in [0.3, 0.4) is 0 Å². The van der Waals surface area contributed by atoms with Crippen LogP contribution in [0.15, 0.2) is 231 Å². The van der Waals surface area contributed by atoms with E-state index < -0.39 is 0 Å². The normalized spacial score (nSPS) is 12.0. The molecular weight excluding hydrogens is 869 g/mol. The van der Waals surface area contributed by atoms with Crippen LogP contribution in [-0.4, -0.2) is 19.5 Å². The molecule has 0 unspecified atom stereocenters. The lowest BCUT2D eigenvalue weighted by atomic mass is 9.94. The summed E-state index contributed by atoms with van der Waals surface area (Å²) in [5.41, 5.74) is 8.41. The summed E-state index contributed by atoms with van der Waals surface area (Å²) < 4.78 is 4.93. The average Bonchev–Trinajstić information content (AvgIpc) is 3.97. The molecule has 0 bridgehead atoms. The zero-order valence-corrected chi connectivity index (χ0v) is 38.5. The van der Waals surface area contributed by atoms with E-state index in [4.69, 9.17) is 15.0 Å². The Balaban J connectivity index is 1.05. The van der Waals surface area contributed by atoms with Crippen LogP contribution in [0.4, 0.5) is 0 Å². The molecule has 5 heteroatoms. The molecule has 0 saturated heterocycles. The number of fused-ring (bicyclic) bond motifs is 13. The largest absolute Gasteiger partial charge is 0.309 e. The molecule has 0 N–H and O–H groups in total. The Bertz CT molecular complexity index is 4540. The van der Waals surface area contributed by atoms with Gasteiger partial charge in [-0.25, -0.2) is 15.0 Å². The molecule has 15 aromatic rings. The fraction of sp³-hybridized carbons (Fsp3) is 0. The summed E-state index contributed by atoms with van der Waals surface area (Å²) in [5, 5.41) is 16.7. The second-order valence-corrected chi connectivity index (χ2v) is 19.3. The topological polar surface area (TPSA) is 43.6 Å². The lowest BCUT2D eigenvalue weighted by Crippen LogP contribution is -2.03. The Labute approximate surface area is 406 Å². The lowest BCUT2D eigenvalue weighted by Gasteiger charge is -2.17. The van der Waals surface area contributed by atoms with Crippen LogP contribution in [0.25, 0.3) is 147 Å². The smallest absolute Gasteiger partial charge is 0.164 e. The van der Waals surface area contributed by atoms with E-state index in [1.54, 1.807) is 0 Å². The Hall–Kier alpha value is -9.03. The number of hydrogen-bond acceptors (Lipinski definition) is 4. The van der Waals surface area contributed by atoms with Crippen molar-refractivity contribution in [3.05, 3.63) is 231 Å². The standard InChI is InChI=1S/C65H38N4S/c1-2-17-42-37-59-57(36-41(42)16-1)50-20-7-9-27-58(50)69(59)43-32-35-54(56(38-43)51-24-13-29-61-62(51)55-21-8-10-28-60(55)70-61)65-67-63(52-25-11-22-46-44-18-5-3-14-39(44)30-33-48(46)52)66-64(68-65)53-26-12-23-47-45-19-6-4-15-40(45)31-34-49(47)53/h1-38H. The number of aromatic nitrogens is 4. The predicted molar refractivity (Wildman–Crippen MR) is 296 cm³/mol. The molecule has 0 aliphatic carbocycles. The van der Waals surface area contributed by atoms with Crippen molar-refractivity contribution in [2.75, 3.05) is 0 Å². The van der Waals surface area contributed by atoms with Gasteiger partial charge in [0.25, 0.3) is 0 Å². The SMILES string of the molecule is c1ccc2cc3c(cc2c1)c1ccccc1n3-c1ccc(-c2nc(-c3cccc4c3ccc3ccccc34)nc(-c3cccc4c3ccc3ccccc34)n2)c(-c2cccc3sc4ccccc4c23)c1. The highest BCUT2D eigenvalue weighted by Crippen LogP contribution is 2.45. The summed E-state index contributed by atoms with van der Waals surface area (Å²) >= 11 is 1.84. The highest BCUT2D eigenvalue weighted by atomic mass is 32.1. The Morgan fingerprint density at radius 2 is 0.786 bits per heavy atom. The van der Waals surface area contributed by atoms with Crippen LogP contribution in [0, 0.1) is 0 Å². The molecule has 0 atom stereocenters. The second kappa shape index (κ2) is 15.2. The van der Waals surface area contributed by atoms with Gasteiger partial charge >= 0.3 is 0 Å². The highest BCUT2D eigenvalue weighted by Gasteiger charge is 2.23. The van der Waals surface area contributed by atoms with Gasteiger partial charge in [-0.15, -0.1) is 11.3 Å². The van der Waals surface area contributed by atoms with Gasteiger partial charge in [0, 0.05) is 53.3 Å². The van der Waals surface area contributed by atoms with E-state index in [1.807, 2.05) is 11.3 Å². The molecule has 3 heterocycles. The molecular formula is C65H38N4S. The van der Waals surface area contributed by atoms with Crippen LogP contribution in [0.5, 0.6) is 0 Å². The molecule has 3 aromatic heterocycles. The van der Waals surface area contributed by atoms with Gasteiger partial charge < -0.3 is 4.57 Å². The number of nitrogens with zero attached hydrogens (tertiary/aromatic N) is 4. The fourth-order valence-corrected chi connectivity index (χ4v) is 12.4. The average molecular weight is 907 g/mol. The highest BCUT2D eigenvalue weighted by molar-refractivity contribution is 7.25. The van der Waals surface area contributed by atoms with Gasteiger partial charge in [-0.05, 0) is 114 Å². The molecule has 324 valence electrons. The monoisotopic (exact) mass is 906 g/mol. The maximum Gasteiger partial charge on any atom is 0.164 e. The number of benzene rings is 12. The van der Waals surface area contributed by atoms with Crippen molar-refractivity contribution in [2.24, 2.45) is 0 Å². The minimum atomic E-state index is 0.613. The molecule has 0 saturated carbocycles. The lowest BCUT2D eigenvalue weighted by molar-refractivity contribution is 1.08. The van der Waals surface area contributed by atoms with Crippen LogP contribution < -0.4 is 0 Å². The van der Waals surface area contributed by atoms with E-state index in [-0.39, 0.29) is 0 Å². The minimum absolute atomic E-state index is 0.613. The van der Waals surface area contributed by atoms with E-state index in [1.165, 1.54) is 63.3 Å². The zero-order valence-electron chi connectivity index (χ0n) is 37.6. The number of para-hydroxylation sites is 1. The Kier molecular flexibility index (Phi) is 8.49. The first-order valence-electron chi connectivity index (χ1n) is 23.8. The Morgan fingerprint density at radius 3 is 1.47 bits per heavy atom. The maximum absolute atomic E-state index is 5.58. The van der Waals surface area contributed by atoms with Crippen molar-refractivity contribution in [3.8, 4) is 51.0 Å². The third-order valence-electron chi connectivity index (χ3n) is 14.4. The quantitative estimate of drug-likeness (QED) is 0.162. The maximum atomic E-state index is 5.58. The second-order valence-electron chi connectivity index (χ2n) is 18.3. The summed E-state index contributed by atoms with van der Waals surface area (Å²) in [6.45, 7) is 0. The van der Waals surface area contributed by atoms with Crippen molar-refractivity contribution < 1.29 is 0 Å². The molecule has 0 amide bonds. The van der Waals surface area contributed by atoms with Gasteiger partial charge in [0.05, 0.1) is 11.0 Å². The number of thiophene rings is 1. The first-order valence-corrected chi connectivity index (χ1v) is 24.6. The van der Waals surface area contributed by atoms with Gasteiger partial charge in [-0.3, -0.25) is 0 Å². The molecule has 15 rings (SSSR count). The van der Waals surface area contributed by atoms with Crippen LogP contribution in [-0.2, 0) is 0 Å². The van der Waals surface area contributed by atoms with Crippen molar-refractivity contribution in [3.63, 3.8) is 0 Å². The van der Waals surface area contributed by atoms with E-state index in [9.17, 15) is 0 Å². The number of rotatable bonds is 5. The molecule has 4 nitrogen and oxygen atoms in total. The van der Waals surface area contributed by atoms with Gasteiger partial charge in [0.1, 0.15) is 0 Å². The third kappa shape index (κ3) is 5.92. The first-order chi connectivity index (χ1) is 34.7. The van der Waals surface area contributed by atoms with Crippen LogP contribution in [0.1, 0.15) is 0 Å². The summed E-state index contributed by atoms with van der Waals surface area (Å²) in [4.78, 5) is 16.6. The number of hydrogen-bond donors (Lipinski definition) is 0. The molecule has 70 heavy (non-hydrogen) atoms. The molecule has 0 fully saturated rings. The van der Waals surface area contributed by atoms with E-state index in [0.29, 0.717) is 17.5 Å².